The number of amides is 1. The minimum atomic E-state index is -1.05. The number of hydrogen-bond donors (Lipinski definition) is 1. The molecule has 0 atom stereocenters. The summed E-state index contributed by atoms with van der Waals surface area (Å²) in [5.74, 6) is -2.14. The van der Waals surface area contributed by atoms with Crippen molar-refractivity contribution in [3.63, 3.8) is 0 Å². The molecule has 3 rings (SSSR count). The van der Waals surface area contributed by atoms with Gasteiger partial charge < -0.3 is 19.6 Å². The Morgan fingerprint density at radius 1 is 1.32 bits per heavy atom. The maximum absolute atomic E-state index is 12.9. The van der Waals surface area contributed by atoms with Crippen LogP contribution >= 0.6 is 0 Å². The summed E-state index contributed by atoms with van der Waals surface area (Å²) in [5.41, 5.74) is 9.20. The summed E-state index contributed by atoms with van der Waals surface area (Å²) < 4.78 is 12.1. The molecule has 0 spiro atoms. The first-order chi connectivity index (χ1) is 14.9. The minimum Gasteiger partial charge on any atom is -0.480 e. The molecular formula is C24H24N2O5. The van der Waals surface area contributed by atoms with E-state index in [0.717, 1.165) is 16.8 Å². The third-order valence-corrected chi connectivity index (χ3v) is 5.04. The molecule has 0 bridgehead atoms. The highest BCUT2D eigenvalue weighted by atomic mass is 16.6. The monoisotopic (exact) mass is 420 g/mol. The second kappa shape index (κ2) is 9.30. The summed E-state index contributed by atoms with van der Waals surface area (Å²) in [6.45, 7) is 5.50. The number of pyridine rings is 1. The molecule has 0 aromatic carbocycles. The molecule has 0 saturated heterocycles. The van der Waals surface area contributed by atoms with Gasteiger partial charge in [0.05, 0.1) is 23.9 Å². The number of carbonyl (C=O) groups excluding carboxylic acids is 3. The molecule has 0 fully saturated rings. The van der Waals surface area contributed by atoms with E-state index in [4.69, 9.17) is 10.5 Å². The van der Waals surface area contributed by atoms with Crippen LogP contribution in [-0.4, -0.2) is 35.8 Å². The predicted molar refractivity (Wildman–Crippen MR) is 118 cm³/mol. The first kappa shape index (κ1) is 21.8. The molecule has 0 radical (unpaired) electrons. The lowest BCUT2D eigenvalue weighted by molar-refractivity contribution is -0.142. The zero-order valence-electron chi connectivity index (χ0n) is 17.5. The van der Waals surface area contributed by atoms with Gasteiger partial charge in [-0.25, -0.2) is 4.79 Å². The number of Topliss-reactive ketones (excluding diaryl/α,β-unsaturated/α-hetero) is 1. The van der Waals surface area contributed by atoms with Crippen molar-refractivity contribution < 1.29 is 23.9 Å². The topological polar surface area (TPSA) is 100 Å². The van der Waals surface area contributed by atoms with Crippen molar-refractivity contribution in [3.05, 3.63) is 77.7 Å². The summed E-state index contributed by atoms with van der Waals surface area (Å²) >= 11 is 0. The molecular weight excluding hydrogens is 396 g/mol. The molecule has 1 aliphatic carbocycles. The molecule has 2 heterocycles. The van der Waals surface area contributed by atoms with Crippen LogP contribution in [-0.2, 0) is 20.7 Å². The van der Waals surface area contributed by atoms with Crippen molar-refractivity contribution in [2.45, 2.75) is 19.8 Å². The largest absolute Gasteiger partial charge is 0.480 e. The molecule has 1 amide bonds. The number of methoxy groups -OCH3 is 1. The van der Waals surface area contributed by atoms with Crippen LogP contribution in [0, 0.1) is 0 Å². The average molecular weight is 420 g/mol. The Kier molecular flexibility index (Phi) is 6.55. The van der Waals surface area contributed by atoms with E-state index in [2.05, 4.69) is 17.4 Å². The molecule has 1 aliphatic rings. The molecule has 31 heavy (non-hydrogen) atoms. The number of fused-ring (bicyclic) bond motifs is 3. The van der Waals surface area contributed by atoms with E-state index >= 15 is 0 Å². The standard InChI is InChI=1S/C24H24N2O5/c1-4-6-9-15(5-2)16-10-7-11-17-20(23(28)24(25)29)22-18(31-14-19(27)30-3)12-8-13-26(22)21(16)17/h4-6,8-10,12-13H,2,7,11,14H2,1,3H3,(H2,25,29)/b6-4-,15-9+. The Morgan fingerprint density at radius 3 is 2.74 bits per heavy atom. The number of allylic oxidation sites excluding steroid dienone is 7. The summed E-state index contributed by atoms with van der Waals surface area (Å²) in [4.78, 5) is 36.3. The van der Waals surface area contributed by atoms with E-state index in [1.165, 1.54) is 7.11 Å². The van der Waals surface area contributed by atoms with Crippen LogP contribution in [0.4, 0.5) is 0 Å². The van der Waals surface area contributed by atoms with Crippen molar-refractivity contribution in [3.8, 4) is 5.75 Å². The molecule has 160 valence electrons. The van der Waals surface area contributed by atoms with Gasteiger partial charge in [-0.15, -0.1) is 0 Å². The number of ether oxygens (including phenoxy) is 2. The molecule has 2 N–H and O–H groups in total. The second-order valence-electron chi connectivity index (χ2n) is 6.86. The maximum Gasteiger partial charge on any atom is 0.343 e. The van der Waals surface area contributed by atoms with Gasteiger partial charge in [0, 0.05) is 11.8 Å². The number of primary amides is 1. The Hall–Kier alpha value is -3.87. The van der Waals surface area contributed by atoms with Gasteiger partial charge in [0.2, 0.25) is 0 Å². The maximum atomic E-state index is 12.9. The number of nitrogens with two attached hydrogens (primary N) is 1. The van der Waals surface area contributed by atoms with Gasteiger partial charge in [0.25, 0.3) is 11.7 Å². The summed E-state index contributed by atoms with van der Waals surface area (Å²) in [5, 5.41) is 0. The van der Waals surface area contributed by atoms with Gasteiger partial charge in [0.1, 0.15) is 5.75 Å². The highest BCUT2D eigenvalue weighted by Crippen LogP contribution is 2.40. The minimum absolute atomic E-state index is 0.197. The Labute approximate surface area is 180 Å². The van der Waals surface area contributed by atoms with E-state index in [1.807, 2.05) is 25.2 Å². The number of esters is 1. The first-order valence-electron chi connectivity index (χ1n) is 9.80. The number of ketones is 1. The highest BCUT2D eigenvalue weighted by Gasteiger charge is 2.31. The van der Waals surface area contributed by atoms with Gasteiger partial charge >= 0.3 is 5.97 Å². The lowest BCUT2D eigenvalue weighted by Crippen LogP contribution is -2.24. The van der Waals surface area contributed by atoms with Crippen molar-refractivity contribution in [2.24, 2.45) is 5.73 Å². The molecule has 2 aromatic rings. The number of rotatable bonds is 8. The van der Waals surface area contributed by atoms with E-state index in [-0.39, 0.29) is 17.9 Å². The molecule has 0 saturated carbocycles. The SMILES string of the molecule is C=C/C(=C\C=C/C)C1=CCCc2c(C(=O)C(N)=O)c3c(OCC(=O)OC)cccn3c21. The second-order valence-corrected chi connectivity index (χ2v) is 6.86. The van der Waals surface area contributed by atoms with Crippen LogP contribution in [0.3, 0.4) is 0 Å². The normalized spacial score (nSPS) is 13.6. The molecule has 0 unspecified atom stereocenters. The highest BCUT2D eigenvalue weighted by molar-refractivity contribution is 6.44. The zero-order valence-corrected chi connectivity index (χ0v) is 17.5. The number of nitrogens with zero attached hydrogens (tertiary/aromatic N) is 1. The van der Waals surface area contributed by atoms with Crippen LogP contribution in [0.2, 0.25) is 0 Å². The van der Waals surface area contributed by atoms with Crippen molar-refractivity contribution in [1.82, 2.24) is 4.40 Å². The van der Waals surface area contributed by atoms with E-state index in [1.54, 1.807) is 28.8 Å². The summed E-state index contributed by atoms with van der Waals surface area (Å²) in [7, 11) is 1.26. The number of carbonyl (C=O) groups is 3. The Bertz CT molecular complexity index is 1160. The van der Waals surface area contributed by atoms with Gasteiger partial charge in [-0.1, -0.05) is 37.0 Å². The summed E-state index contributed by atoms with van der Waals surface area (Å²) in [6.07, 6.45) is 12.6. The van der Waals surface area contributed by atoms with Crippen LogP contribution < -0.4 is 10.5 Å². The van der Waals surface area contributed by atoms with Gasteiger partial charge in [-0.2, -0.15) is 0 Å². The fourth-order valence-electron chi connectivity index (χ4n) is 3.72. The van der Waals surface area contributed by atoms with E-state index in [0.29, 0.717) is 23.9 Å². The number of hydrogen-bond acceptors (Lipinski definition) is 5. The van der Waals surface area contributed by atoms with E-state index < -0.39 is 17.7 Å². The average Bonchev–Trinajstić information content (AvgIpc) is 3.12. The van der Waals surface area contributed by atoms with E-state index in [9.17, 15) is 14.4 Å². The Morgan fingerprint density at radius 2 is 2.10 bits per heavy atom. The lowest BCUT2D eigenvalue weighted by Gasteiger charge is -2.17. The van der Waals surface area contributed by atoms with Crippen LogP contribution in [0.25, 0.3) is 11.1 Å². The van der Waals surface area contributed by atoms with Crippen molar-refractivity contribution >= 4 is 28.7 Å². The lowest BCUT2D eigenvalue weighted by atomic mass is 9.88. The van der Waals surface area contributed by atoms with Crippen LogP contribution in [0.5, 0.6) is 5.75 Å². The van der Waals surface area contributed by atoms with Crippen LogP contribution in [0.1, 0.15) is 35.0 Å². The van der Waals surface area contributed by atoms with Crippen LogP contribution in [0.15, 0.2) is 60.9 Å². The molecule has 7 nitrogen and oxygen atoms in total. The zero-order chi connectivity index (χ0) is 22.5. The fraction of sp³-hybridized carbons (Fsp3) is 0.208. The predicted octanol–water partition coefficient (Wildman–Crippen LogP) is 3.18. The smallest absolute Gasteiger partial charge is 0.343 e. The third kappa shape index (κ3) is 4.07. The number of aromatic nitrogens is 1. The van der Waals surface area contributed by atoms with Gasteiger partial charge in [-0.05, 0) is 43.0 Å². The molecule has 0 aliphatic heterocycles. The third-order valence-electron chi connectivity index (χ3n) is 5.04. The molecule has 7 heteroatoms. The molecule has 2 aromatic heterocycles. The van der Waals surface area contributed by atoms with Crippen molar-refractivity contribution in [2.75, 3.05) is 13.7 Å². The summed E-state index contributed by atoms with van der Waals surface area (Å²) in [6, 6.07) is 3.38. The Balaban J connectivity index is 2.32. The quantitative estimate of drug-likeness (QED) is 0.306. The van der Waals surface area contributed by atoms with Crippen molar-refractivity contribution in [1.29, 1.82) is 0 Å². The first-order valence-corrected chi connectivity index (χ1v) is 9.80. The van der Waals surface area contributed by atoms with Gasteiger partial charge in [-0.3, -0.25) is 9.59 Å². The van der Waals surface area contributed by atoms with Gasteiger partial charge in [0.15, 0.2) is 6.61 Å². The fourth-order valence-corrected chi connectivity index (χ4v) is 3.72.